The van der Waals surface area contributed by atoms with Crippen molar-refractivity contribution >= 4 is 42.1 Å². The molecule has 0 atom stereocenters. The number of carbonyl (C=O) groups excluding carboxylic acids is 1. The van der Waals surface area contributed by atoms with Gasteiger partial charge in [-0.1, -0.05) is 19.3 Å². The lowest BCUT2D eigenvalue weighted by atomic mass is 9.71. The molecule has 3 N–H and O–H groups in total. The lowest BCUT2D eigenvalue weighted by Crippen LogP contribution is -2.38. The predicted octanol–water partition coefficient (Wildman–Crippen LogP) is 3.21. The van der Waals surface area contributed by atoms with Crippen LogP contribution in [0, 0.1) is 12.3 Å². The van der Waals surface area contributed by atoms with Gasteiger partial charge in [0.25, 0.3) is 0 Å². The van der Waals surface area contributed by atoms with Crippen molar-refractivity contribution in [2.45, 2.75) is 52.0 Å². The van der Waals surface area contributed by atoms with Crippen molar-refractivity contribution in [3.05, 3.63) is 16.1 Å². The summed E-state index contributed by atoms with van der Waals surface area (Å²) in [6, 6.07) is 0. The average molecular weight is 354 g/mol. The minimum absolute atomic E-state index is 0. The highest BCUT2D eigenvalue weighted by Gasteiger charge is 2.32. The standard InChI is InChI=1S/C14H23N3OS.2ClH/c1-11-16-8-12(19-11)9-17-13(18)7-14(10-15)5-3-2-4-6-14;;/h8H,2-7,9-10,15H2,1H3,(H,17,18);2*1H. The van der Waals surface area contributed by atoms with Crippen LogP contribution >= 0.6 is 36.2 Å². The molecule has 1 aliphatic carbocycles. The first-order valence-corrected chi connectivity index (χ1v) is 7.83. The Morgan fingerprint density at radius 1 is 1.38 bits per heavy atom. The summed E-state index contributed by atoms with van der Waals surface area (Å²) in [5.41, 5.74) is 5.96. The van der Waals surface area contributed by atoms with E-state index in [1.54, 1.807) is 11.3 Å². The summed E-state index contributed by atoms with van der Waals surface area (Å²) in [4.78, 5) is 17.4. The largest absolute Gasteiger partial charge is 0.351 e. The van der Waals surface area contributed by atoms with Gasteiger partial charge in [0.1, 0.15) is 0 Å². The van der Waals surface area contributed by atoms with Crippen LogP contribution in [0.15, 0.2) is 6.20 Å². The van der Waals surface area contributed by atoms with Crippen LogP contribution in [0.25, 0.3) is 0 Å². The predicted molar refractivity (Wildman–Crippen MR) is 92.4 cm³/mol. The Kier molecular flexibility index (Phi) is 9.45. The number of thiazole rings is 1. The number of nitrogens with zero attached hydrogens (tertiary/aromatic N) is 1. The van der Waals surface area contributed by atoms with E-state index >= 15 is 0 Å². The van der Waals surface area contributed by atoms with Crippen LogP contribution in [-0.4, -0.2) is 17.4 Å². The molecule has 0 bridgehead atoms. The number of nitrogens with one attached hydrogen (secondary N) is 1. The fraction of sp³-hybridized carbons (Fsp3) is 0.714. The van der Waals surface area contributed by atoms with Crippen LogP contribution in [0.5, 0.6) is 0 Å². The van der Waals surface area contributed by atoms with E-state index in [2.05, 4.69) is 10.3 Å². The maximum Gasteiger partial charge on any atom is 0.220 e. The van der Waals surface area contributed by atoms with Gasteiger partial charge in [0.05, 0.1) is 11.6 Å². The molecule has 122 valence electrons. The number of halogens is 2. The van der Waals surface area contributed by atoms with Gasteiger partial charge < -0.3 is 11.1 Å². The van der Waals surface area contributed by atoms with E-state index in [4.69, 9.17) is 5.73 Å². The van der Waals surface area contributed by atoms with Crippen molar-refractivity contribution in [2.24, 2.45) is 11.1 Å². The number of carbonyl (C=O) groups is 1. The van der Waals surface area contributed by atoms with E-state index in [1.165, 1.54) is 19.3 Å². The Balaban J connectivity index is 0.00000200. The van der Waals surface area contributed by atoms with Crippen molar-refractivity contribution in [3.63, 3.8) is 0 Å². The minimum Gasteiger partial charge on any atom is -0.351 e. The molecule has 0 saturated heterocycles. The molecule has 2 rings (SSSR count). The molecule has 4 nitrogen and oxygen atoms in total. The molecule has 0 unspecified atom stereocenters. The Hall–Kier alpha value is -0.360. The topological polar surface area (TPSA) is 68.0 Å². The molecule has 1 fully saturated rings. The Bertz CT molecular complexity index is 434. The number of aromatic nitrogens is 1. The molecule has 0 aromatic carbocycles. The third-order valence-corrected chi connectivity index (χ3v) is 4.92. The highest BCUT2D eigenvalue weighted by Crippen LogP contribution is 2.38. The Morgan fingerprint density at radius 3 is 2.57 bits per heavy atom. The number of rotatable bonds is 5. The van der Waals surface area contributed by atoms with Crippen molar-refractivity contribution in [1.82, 2.24) is 10.3 Å². The van der Waals surface area contributed by atoms with Crippen LogP contribution in [0.2, 0.25) is 0 Å². The summed E-state index contributed by atoms with van der Waals surface area (Å²) in [5, 5.41) is 4.03. The third-order valence-electron chi connectivity index (χ3n) is 4.01. The Labute approximate surface area is 143 Å². The summed E-state index contributed by atoms with van der Waals surface area (Å²) in [5.74, 6) is 0.124. The average Bonchev–Trinajstić information content (AvgIpc) is 2.83. The molecule has 1 amide bonds. The zero-order chi connectivity index (χ0) is 13.7. The SMILES string of the molecule is Cc1ncc(CNC(=O)CC2(CN)CCCCC2)s1.Cl.Cl. The third kappa shape index (κ3) is 6.10. The minimum atomic E-state index is 0. The van der Waals surface area contributed by atoms with Crippen LogP contribution in [0.3, 0.4) is 0 Å². The van der Waals surface area contributed by atoms with E-state index < -0.39 is 0 Å². The highest BCUT2D eigenvalue weighted by molar-refractivity contribution is 7.11. The number of hydrogen-bond acceptors (Lipinski definition) is 4. The summed E-state index contributed by atoms with van der Waals surface area (Å²) in [6.45, 7) is 3.19. The second-order valence-corrected chi connectivity index (χ2v) is 6.88. The molecular weight excluding hydrogens is 329 g/mol. The van der Waals surface area contributed by atoms with E-state index in [1.807, 2.05) is 13.1 Å². The van der Waals surface area contributed by atoms with E-state index in [9.17, 15) is 4.79 Å². The van der Waals surface area contributed by atoms with Crippen molar-refractivity contribution < 1.29 is 4.79 Å². The summed E-state index contributed by atoms with van der Waals surface area (Å²) in [7, 11) is 0. The smallest absolute Gasteiger partial charge is 0.220 e. The molecule has 1 saturated carbocycles. The second-order valence-electron chi connectivity index (χ2n) is 5.56. The van der Waals surface area contributed by atoms with Gasteiger partial charge in [0.2, 0.25) is 5.91 Å². The summed E-state index contributed by atoms with van der Waals surface area (Å²) in [6.07, 6.45) is 8.29. The Morgan fingerprint density at radius 2 is 2.05 bits per heavy atom. The molecular formula is C14H25Cl2N3OS. The molecule has 1 aromatic rings. The first kappa shape index (κ1) is 20.6. The quantitative estimate of drug-likeness (QED) is 0.853. The van der Waals surface area contributed by atoms with Crippen molar-refractivity contribution in [2.75, 3.05) is 6.54 Å². The molecule has 7 heteroatoms. The van der Waals surface area contributed by atoms with Crippen molar-refractivity contribution in [1.29, 1.82) is 0 Å². The maximum atomic E-state index is 12.1. The van der Waals surface area contributed by atoms with E-state index in [-0.39, 0.29) is 36.1 Å². The van der Waals surface area contributed by atoms with Gasteiger partial charge in [0.15, 0.2) is 0 Å². The van der Waals surface area contributed by atoms with Crippen LogP contribution in [0.4, 0.5) is 0 Å². The maximum absolute atomic E-state index is 12.1. The van der Waals surface area contributed by atoms with Crippen LogP contribution < -0.4 is 11.1 Å². The second kappa shape index (κ2) is 9.62. The molecule has 1 aromatic heterocycles. The van der Waals surface area contributed by atoms with Gasteiger partial charge in [-0.2, -0.15) is 0 Å². The van der Waals surface area contributed by atoms with Crippen molar-refractivity contribution in [3.8, 4) is 0 Å². The van der Waals surface area contributed by atoms with Crippen LogP contribution in [-0.2, 0) is 11.3 Å². The molecule has 0 spiro atoms. The van der Waals surface area contributed by atoms with Gasteiger partial charge in [-0.05, 0) is 31.7 Å². The number of hydrogen-bond donors (Lipinski definition) is 2. The van der Waals surface area contributed by atoms with Gasteiger partial charge in [-0.25, -0.2) is 4.98 Å². The lowest BCUT2D eigenvalue weighted by molar-refractivity contribution is -0.124. The summed E-state index contributed by atoms with van der Waals surface area (Å²) >= 11 is 1.63. The van der Waals surface area contributed by atoms with E-state index in [0.717, 1.165) is 22.7 Å². The molecule has 1 aliphatic rings. The first-order chi connectivity index (χ1) is 9.13. The van der Waals surface area contributed by atoms with Gasteiger partial charge in [-0.15, -0.1) is 36.2 Å². The fourth-order valence-corrected chi connectivity index (χ4v) is 3.57. The number of nitrogens with two attached hydrogens (primary N) is 1. The monoisotopic (exact) mass is 353 g/mol. The first-order valence-electron chi connectivity index (χ1n) is 7.02. The van der Waals surface area contributed by atoms with E-state index in [0.29, 0.717) is 19.5 Å². The van der Waals surface area contributed by atoms with Gasteiger partial charge in [0, 0.05) is 17.5 Å². The highest BCUT2D eigenvalue weighted by atomic mass is 35.5. The fourth-order valence-electron chi connectivity index (χ4n) is 2.83. The molecule has 21 heavy (non-hydrogen) atoms. The molecule has 1 heterocycles. The summed E-state index contributed by atoms with van der Waals surface area (Å²) < 4.78 is 0. The number of amides is 1. The zero-order valence-corrected chi connectivity index (χ0v) is 14.8. The lowest BCUT2D eigenvalue weighted by Gasteiger charge is -2.35. The van der Waals surface area contributed by atoms with Crippen LogP contribution in [0.1, 0.15) is 48.4 Å². The molecule has 0 radical (unpaired) electrons. The number of aryl methyl sites for hydroxylation is 1. The van der Waals surface area contributed by atoms with Gasteiger partial charge >= 0.3 is 0 Å². The molecule has 0 aliphatic heterocycles. The normalized spacial score (nSPS) is 16.5. The zero-order valence-electron chi connectivity index (χ0n) is 12.4. The van der Waals surface area contributed by atoms with Gasteiger partial charge in [-0.3, -0.25) is 4.79 Å².